The molecule has 5 heteroatoms. The van der Waals surface area contributed by atoms with Gasteiger partial charge in [-0.1, -0.05) is 170 Å². The van der Waals surface area contributed by atoms with E-state index in [-0.39, 0.29) is 0 Å². The molecule has 13 aromatic rings. The van der Waals surface area contributed by atoms with Crippen LogP contribution in [-0.2, 0) is 0 Å². The molecular weight excluding hydrogens is 817 g/mol. The number of benzene rings is 10. The van der Waals surface area contributed by atoms with Gasteiger partial charge in [0.25, 0.3) is 0 Å². The Morgan fingerprint density at radius 1 is 0.273 bits per heavy atom. The summed E-state index contributed by atoms with van der Waals surface area (Å²) < 4.78 is 7.24. The lowest BCUT2D eigenvalue weighted by atomic mass is 10.1. The van der Waals surface area contributed by atoms with Crippen molar-refractivity contribution in [1.82, 2.24) is 13.7 Å². The van der Waals surface area contributed by atoms with Crippen LogP contribution in [0.15, 0.2) is 243 Å². The smallest absolute Gasteiger partial charge is 0.188 e. The zero-order valence-corrected chi connectivity index (χ0v) is 36.9. The summed E-state index contributed by atoms with van der Waals surface area (Å²) in [5.74, 6) is 0. The molecule has 308 valence electrons. The van der Waals surface area contributed by atoms with Gasteiger partial charge in [-0.3, -0.25) is 0 Å². The van der Waals surface area contributed by atoms with Crippen molar-refractivity contribution in [2.75, 3.05) is 0 Å². The van der Waals surface area contributed by atoms with Crippen molar-refractivity contribution < 1.29 is 0 Å². The van der Waals surface area contributed by atoms with E-state index in [9.17, 15) is 0 Å². The predicted octanol–water partition coefficient (Wildman–Crippen LogP) is 12.9. The third-order valence-corrected chi connectivity index (χ3v) is 18.5. The maximum absolute atomic E-state index is 7.72. The molecule has 10 aromatic carbocycles. The predicted molar refractivity (Wildman–Crippen MR) is 279 cm³/mol. The van der Waals surface area contributed by atoms with Gasteiger partial charge in [0.05, 0.1) is 39.7 Å². The van der Waals surface area contributed by atoms with Crippen molar-refractivity contribution in [3.05, 3.63) is 254 Å². The van der Waals surface area contributed by atoms with Crippen molar-refractivity contribution in [3.8, 4) is 17.1 Å². The molecule has 0 saturated carbocycles. The molecule has 0 atom stereocenters. The van der Waals surface area contributed by atoms with Crippen LogP contribution in [0.4, 0.5) is 5.69 Å². The third-order valence-electron chi connectivity index (χ3n) is 13.8. The number of hydrogen-bond donors (Lipinski definition) is 0. The number of aromatic nitrogens is 3. The molecule has 0 fully saturated rings. The second-order valence-corrected chi connectivity index (χ2v) is 21.0. The van der Waals surface area contributed by atoms with E-state index in [1.54, 1.807) is 0 Å². The highest BCUT2D eigenvalue weighted by atomic mass is 28.3. The zero-order chi connectivity index (χ0) is 43.8. The second kappa shape index (κ2) is 15.0. The molecule has 0 aliphatic carbocycles. The van der Waals surface area contributed by atoms with Crippen LogP contribution in [0, 0.1) is 6.57 Å². The Bertz CT molecular complexity index is 3960. The highest BCUT2D eigenvalue weighted by Gasteiger charge is 2.41. The van der Waals surface area contributed by atoms with Gasteiger partial charge < -0.3 is 13.7 Å². The summed E-state index contributed by atoms with van der Waals surface area (Å²) in [4.78, 5) is 3.76. The fourth-order valence-electron chi connectivity index (χ4n) is 11.0. The number of fused-ring (bicyclic) bond motifs is 9. The molecule has 66 heavy (non-hydrogen) atoms. The van der Waals surface area contributed by atoms with Crippen molar-refractivity contribution in [3.63, 3.8) is 0 Å². The van der Waals surface area contributed by atoms with Crippen molar-refractivity contribution in [1.29, 1.82) is 0 Å². The van der Waals surface area contributed by atoms with Gasteiger partial charge >= 0.3 is 0 Å². The van der Waals surface area contributed by atoms with Crippen molar-refractivity contribution >= 4 is 99.9 Å². The van der Waals surface area contributed by atoms with E-state index in [0.29, 0.717) is 5.69 Å². The molecule has 0 N–H and O–H groups in total. The second-order valence-electron chi connectivity index (χ2n) is 17.2. The van der Waals surface area contributed by atoms with Gasteiger partial charge in [0.1, 0.15) is 0 Å². The Labute approximate surface area is 382 Å². The van der Waals surface area contributed by atoms with Gasteiger partial charge in [-0.15, -0.1) is 0 Å². The Balaban J connectivity index is 1.03. The van der Waals surface area contributed by atoms with E-state index in [2.05, 4.69) is 249 Å². The highest BCUT2D eigenvalue weighted by molar-refractivity contribution is 7.19. The maximum atomic E-state index is 7.72. The van der Waals surface area contributed by atoms with Crippen molar-refractivity contribution in [2.45, 2.75) is 0 Å². The van der Waals surface area contributed by atoms with Crippen LogP contribution in [0.3, 0.4) is 0 Å². The molecular formula is C61H40N4Si. The molecule has 0 bridgehead atoms. The van der Waals surface area contributed by atoms with Gasteiger partial charge in [0.2, 0.25) is 0 Å². The summed E-state index contributed by atoms with van der Waals surface area (Å²) in [5.41, 5.74) is 10.8. The summed E-state index contributed by atoms with van der Waals surface area (Å²) in [6, 6.07) is 88.8. The van der Waals surface area contributed by atoms with E-state index in [1.807, 2.05) is 12.1 Å². The molecule has 0 saturated heterocycles. The first-order chi connectivity index (χ1) is 32.7. The van der Waals surface area contributed by atoms with E-state index in [0.717, 1.165) is 55.4 Å². The first kappa shape index (κ1) is 37.8. The average molecular weight is 857 g/mol. The largest absolute Gasteiger partial charge is 0.309 e. The number of rotatable bonds is 7. The van der Waals surface area contributed by atoms with E-state index in [4.69, 9.17) is 6.57 Å². The Hall–Kier alpha value is -8.69. The lowest BCUT2D eigenvalue weighted by Crippen LogP contribution is -2.74. The summed E-state index contributed by atoms with van der Waals surface area (Å²) >= 11 is 0. The van der Waals surface area contributed by atoms with Gasteiger partial charge in [-0.2, -0.15) is 0 Å². The van der Waals surface area contributed by atoms with E-state index >= 15 is 0 Å². The Morgan fingerprint density at radius 3 is 1.23 bits per heavy atom. The fourth-order valence-corrected chi connectivity index (χ4v) is 15.8. The van der Waals surface area contributed by atoms with Gasteiger partial charge in [0, 0.05) is 44.0 Å². The quantitative estimate of drug-likeness (QED) is 0.0864. The molecule has 13 rings (SSSR count). The minimum Gasteiger partial charge on any atom is -0.309 e. The molecule has 3 heterocycles. The van der Waals surface area contributed by atoms with Crippen LogP contribution < -0.4 is 20.7 Å². The van der Waals surface area contributed by atoms with Crippen LogP contribution in [0.1, 0.15) is 0 Å². The Kier molecular flexibility index (Phi) is 8.57. The van der Waals surface area contributed by atoms with E-state index < -0.39 is 8.07 Å². The van der Waals surface area contributed by atoms with Crippen LogP contribution >= 0.6 is 0 Å². The highest BCUT2D eigenvalue weighted by Crippen LogP contribution is 2.40. The molecule has 0 unspecified atom stereocenters. The van der Waals surface area contributed by atoms with Crippen molar-refractivity contribution in [2.24, 2.45) is 0 Å². The van der Waals surface area contributed by atoms with Gasteiger partial charge in [0.15, 0.2) is 13.8 Å². The number of hydrogen-bond acceptors (Lipinski definition) is 0. The minimum absolute atomic E-state index is 0.645. The lowest BCUT2D eigenvalue weighted by Gasteiger charge is -2.34. The van der Waals surface area contributed by atoms with Gasteiger partial charge in [-0.25, -0.2) is 4.85 Å². The maximum Gasteiger partial charge on any atom is 0.188 e. The molecule has 0 radical (unpaired) electrons. The summed E-state index contributed by atoms with van der Waals surface area (Å²) in [6.45, 7) is 7.72. The molecule has 0 spiro atoms. The minimum atomic E-state index is -2.77. The first-order valence-electron chi connectivity index (χ1n) is 22.5. The topological polar surface area (TPSA) is 19.1 Å². The first-order valence-corrected chi connectivity index (χ1v) is 24.5. The molecule has 3 aromatic heterocycles. The monoisotopic (exact) mass is 856 g/mol. The standard InChI is InChI=1S/C61H40N4Si/c1-62-42-32-36-59-54(38-42)51-27-12-15-30-57(51)64(59)45-33-35-53-50-26-11-14-29-56(50)65(61(53)41-45)44-34-37-60-55(40-44)52-28-13-16-31-58(52)63(60)43-18-17-25-49(39-43)66(46-19-5-2-6-20-46,47-21-7-3-8-22-47)48-23-9-4-10-24-48/h2-41H. The van der Waals surface area contributed by atoms with Crippen LogP contribution in [0.2, 0.25) is 0 Å². The normalized spacial score (nSPS) is 11.9. The number of para-hydroxylation sites is 3. The molecule has 0 amide bonds. The lowest BCUT2D eigenvalue weighted by molar-refractivity contribution is 1.15. The molecule has 0 aliphatic rings. The van der Waals surface area contributed by atoms with E-state index in [1.165, 1.54) is 47.8 Å². The fraction of sp³-hybridized carbons (Fsp3) is 0. The van der Waals surface area contributed by atoms with Crippen LogP contribution in [0.5, 0.6) is 0 Å². The average Bonchev–Trinajstić information content (AvgIpc) is 4.02. The SMILES string of the molecule is [C-]#[N+]c1ccc2c(c1)c1ccccc1n2-c1ccc2c3ccccc3n(-c3ccc4c(c3)c3ccccc3n4-c3cccc([Si](c4ccccc4)(c4ccccc4)c4ccccc4)c3)c2c1. The summed E-state index contributed by atoms with van der Waals surface area (Å²) in [5, 5.41) is 12.4. The summed E-state index contributed by atoms with van der Waals surface area (Å²) in [7, 11) is -2.77. The Morgan fingerprint density at radius 2 is 0.667 bits per heavy atom. The van der Waals surface area contributed by atoms with Crippen LogP contribution in [0.25, 0.3) is 87.3 Å². The molecule has 4 nitrogen and oxygen atoms in total. The zero-order valence-electron chi connectivity index (χ0n) is 35.9. The summed E-state index contributed by atoms with van der Waals surface area (Å²) in [6.07, 6.45) is 0. The third kappa shape index (κ3) is 5.56. The number of nitrogens with zero attached hydrogens (tertiary/aromatic N) is 4. The van der Waals surface area contributed by atoms with Crippen LogP contribution in [-0.4, -0.2) is 21.8 Å². The molecule has 0 aliphatic heterocycles. The van der Waals surface area contributed by atoms with Gasteiger partial charge in [-0.05, 0) is 98.9 Å².